The molecule has 15 heavy (non-hydrogen) atoms. The topological polar surface area (TPSA) is 30.5 Å². The van der Waals surface area contributed by atoms with Gasteiger partial charge in [-0.3, -0.25) is 0 Å². The van der Waals surface area contributed by atoms with Crippen molar-refractivity contribution in [2.45, 2.75) is 51.7 Å². The van der Waals surface area contributed by atoms with Gasteiger partial charge < -0.3 is 14.8 Å². The number of nitrogens with one attached hydrogen (secondary N) is 1. The Morgan fingerprint density at radius 1 is 1.40 bits per heavy atom. The molecule has 0 radical (unpaired) electrons. The number of rotatable bonds is 8. The fourth-order valence-corrected chi connectivity index (χ4v) is 1.81. The average Bonchev–Trinajstić information content (AvgIpc) is 2.68. The first kappa shape index (κ1) is 12.9. The van der Waals surface area contributed by atoms with E-state index < -0.39 is 0 Å². The van der Waals surface area contributed by atoms with Crippen LogP contribution in [0.15, 0.2) is 0 Å². The molecule has 0 aromatic heterocycles. The molecule has 1 aliphatic rings. The highest BCUT2D eigenvalue weighted by Crippen LogP contribution is 2.16. The second-order valence-electron chi connectivity index (χ2n) is 4.50. The highest BCUT2D eigenvalue weighted by Gasteiger charge is 2.14. The predicted octanol–water partition coefficient (Wildman–Crippen LogP) is 1.96. The van der Waals surface area contributed by atoms with Crippen LogP contribution >= 0.6 is 0 Å². The molecule has 3 nitrogen and oxygen atoms in total. The highest BCUT2D eigenvalue weighted by molar-refractivity contribution is 4.64. The molecule has 90 valence electrons. The summed E-state index contributed by atoms with van der Waals surface area (Å²) in [5, 5.41) is 3.33. The van der Waals surface area contributed by atoms with Crippen molar-refractivity contribution in [3.05, 3.63) is 0 Å². The third kappa shape index (κ3) is 6.88. The molecular formula is C12H25NO2. The lowest BCUT2D eigenvalue weighted by Crippen LogP contribution is -2.26. The molecule has 1 heterocycles. The Hall–Kier alpha value is -0.120. The Morgan fingerprint density at radius 3 is 2.93 bits per heavy atom. The van der Waals surface area contributed by atoms with Crippen LogP contribution in [0, 0.1) is 0 Å². The van der Waals surface area contributed by atoms with Crippen LogP contribution in [0.25, 0.3) is 0 Å². The normalized spacial score (nSPS) is 21.4. The molecule has 0 bridgehead atoms. The van der Waals surface area contributed by atoms with Crippen LogP contribution in [0.4, 0.5) is 0 Å². The number of ether oxygens (including phenoxy) is 2. The van der Waals surface area contributed by atoms with Gasteiger partial charge in [-0.15, -0.1) is 0 Å². The smallest absolute Gasteiger partial charge is 0.0590 e. The van der Waals surface area contributed by atoms with Crippen LogP contribution in [0.1, 0.15) is 39.5 Å². The third-order valence-corrected chi connectivity index (χ3v) is 2.64. The van der Waals surface area contributed by atoms with Gasteiger partial charge in [0.05, 0.1) is 12.7 Å². The molecule has 0 spiro atoms. The van der Waals surface area contributed by atoms with E-state index in [1.165, 1.54) is 12.8 Å². The summed E-state index contributed by atoms with van der Waals surface area (Å²) in [6.45, 7) is 7.92. The average molecular weight is 215 g/mol. The minimum atomic E-state index is 0.516. The Balaban J connectivity index is 1.76. The van der Waals surface area contributed by atoms with Crippen molar-refractivity contribution in [2.24, 2.45) is 0 Å². The monoisotopic (exact) mass is 215 g/mol. The third-order valence-electron chi connectivity index (χ3n) is 2.64. The highest BCUT2D eigenvalue weighted by atomic mass is 16.5. The van der Waals surface area contributed by atoms with Crippen molar-refractivity contribution in [1.29, 1.82) is 0 Å². The van der Waals surface area contributed by atoms with Gasteiger partial charge in [0.25, 0.3) is 0 Å². The van der Waals surface area contributed by atoms with Crippen molar-refractivity contribution >= 4 is 0 Å². The van der Waals surface area contributed by atoms with Crippen LogP contribution in [0.2, 0.25) is 0 Å². The van der Waals surface area contributed by atoms with Crippen LogP contribution in [-0.4, -0.2) is 38.5 Å². The lowest BCUT2D eigenvalue weighted by Gasteiger charge is -2.10. The second kappa shape index (κ2) is 8.08. The standard InChI is InChI=1S/C12H25NO2/c1-11(2)13-7-10-14-8-3-5-12-6-4-9-15-12/h11-13H,3-10H2,1-2H3. The summed E-state index contributed by atoms with van der Waals surface area (Å²) in [5.74, 6) is 0. The van der Waals surface area contributed by atoms with E-state index in [0.717, 1.165) is 39.2 Å². The van der Waals surface area contributed by atoms with Gasteiger partial charge in [0.15, 0.2) is 0 Å². The first-order chi connectivity index (χ1) is 7.29. The maximum Gasteiger partial charge on any atom is 0.0590 e. The Labute approximate surface area is 93.5 Å². The van der Waals surface area contributed by atoms with Gasteiger partial charge in [0, 0.05) is 25.8 Å². The number of hydrogen-bond donors (Lipinski definition) is 1. The van der Waals surface area contributed by atoms with E-state index in [0.29, 0.717) is 12.1 Å². The zero-order valence-corrected chi connectivity index (χ0v) is 10.1. The molecule has 1 unspecified atom stereocenters. The Kier molecular flexibility index (Phi) is 6.98. The van der Waals surface area contributed by atoms with Gasteiger partial charge in [0.2, 0.25) is 0 Å². The van der Waals surface area contributed by atoms with Crippen molar-refractivity contribution in [2.75, 3.05) is 26.4 Å². The van der Waals surface area contributed by atoms with Crippen LogP contribution in [-0.2, 0) is 9.47 Å². The van der Waals surface area contributed by atoms with E-state index in [2.05, 4.69) is 19.2 Å². The van der Waals surface area contributed by atoms with E-state index in [4.69, 9.17) is 9.47 Å². The molecule has 1 N–H and O–H groups in total. The summed E-state index contributed by atoms with van der Waals surface area (Å²) in [7, 11) is 0. The summed E-state index contributed by atoms with van der Waals surface area (Å²) < 4.78 is 11.1. The zero-order valence-electron chi connectivity index (χ0n) is 10.1. The van der Waals surface area contributed by atoms with E-state index in [9.17, 15) is 0 Å². The molecule has 0 amide bonds. The molecule has 1 saturated heterocycles. The predicted molar refractivity (Wildman–Crippen MR) is 62.2 cm³/mol. The first-order valence-electron chi connectivity index (χ1n) is 6.22. The fraction of sp³-hybridized carbons (Fsp3) is 1.00. The first-order valence-corrected chi connectivity index (χ1v) is 6.22. The van der Waals surface area contributed by atoms with Crippen molar-refractivity contribution in [3.63, 3.8) is 0 Å². The Bertz CT molecular complexity index is 145. The van der Waals surface area contributed by atoms with Crippen molar-refractivity contribution in [3.8, 4) is 0 Å². The molecule has 1 fully saturated rings. The number of hydrogen-bond acceptors (Lipinski definition) is 3. The van der Waals surface area contributed by atoms with Gasteiger partial charge in [-0.1, -0.05) is 13.8 Å². The largest absolute Gasteiger partial charge is 0.380 e. The molecule has 1 aliphatic heterocycles. The molecule has 3 heteroatoms. The minimum Gasteiger partial charge on any atom is -0.380 e. The molecule has 0 aromatic rings. The summed E-state index contributed by atoms with van der Waals surface area (Å²) >= 11 is 0. The van der Waals surface area contributed by atoms with Gasteiger partial charge in [-0.2, -0.15) is 0 Å². The summed E-state index contributed by atoms with van der Waals surface area (Å²) in [6, 6.07) is 0.556. The molecule has 0 aromatic carbocycles. The lowest BCUT2D eigenvalue weighted by atomic mass is 10.1. The minimum absolute atomic E-state index is 0.516. The van der Waals surface area contributed by atoms with Crippen LogP contribution in [0.3, 0.4) is 0 Å². The van der Waals surface area contributed by atoms with Crippen molar-refractivity contribution < 1.29 is 9.47 Å². The lowest BCUT2D eigenvalue weighted by molar-refractivity contribution is 0.0822. The van der Waals surface area contributed by atoms with Gasteiger partial charge in [-0.25, -0.2) is 0 Å². The van der Waals surface area contributed by atoms with Crippen LogP contribution in [0.5, 0.6) is 0 Å². The quantitative estimate of drug-likeness (QED) is 0.628. The molecule has 0 aliphatic carbocycles. The summed E-state index contributed by atoms with van der Waals surface area (Å²) in [5.41, 5.74) is 0. The molecule has 0 saturated carbocycles. The summed E-state index contributed by atoms with van der Waals surface area (Å²) in [4.78, 5) is 0. The molecule has 1 atom stereocenters. The van der Waals surface area contributed by atoms with Crippen molar-refractivity contribution in [1.82, 2.24) is 5.32 Å². The van der Waals surface area contributed by atoms with E-state index in [1.807, 2.05) is 0 Å². The summed E-state index contributed by atoms with van der Waals surface area (Å²) in [6.07, 6.45) is 5.30. The molecular weight excluding hydrogens is 190 g/mol. The van der Waals surface area contributed by atoms with E-state index in [-0.39, 0.29) is 0 Å². The van der Waals surface area contributed by atoms with Gasteiger partial charge >= 0.3 is 0 Å². The SMILES string of the molecule is CC(C)NCCOCCCC1CCCO1. The van der Waals surface area contributed by atoms with Gasteiger partial charge in [0.1, 0.15) is 0 Å². The van der Waals surface area contributed by atoms with E-state index in [1.54, 1.807) is 0 Å². The fourth-order valence-electron chi connectivity index (χ4n) is 1.81. The molecule has 1 rings (SSSR count). The van der Waals surface area contributed by atoms with Gasteiger partial charge in [-0.05, 0) is 25.7 Å². The van der Waals surface area contributed by atoms with E-state index >= 15 is 0 Å². The maximum absolute atomic E-state index is 5.54. The maximum atomic E-state index is 5.54. The van der Waals surface area contributed by atoms with Crippen LogP contribution < -0.4 is 5.32 Å². The Morgan fingerprint density at radius 2 is 2.27 bits per heavy atom. The zero-order chi connectivity index (χ0) is 10.9. The second-order valence-corrected chi connectivity index (χ2v) is 4.50.